The predicted octanol–water partition coefficient (Wildman–Crippen LogP) is 4.70. The lowest BCUT2D eigenvalue weighted by atomic mass is 10.2. The van der Waals surface area contributed by atoms with Crippen molar-refractivity contribution in [2.24, 2.45) is 0 Å². The van der Waals surface area contributed by atoms with Crippen molar-refractivity contribution in [3.8, 4) is 17.2 Å². The molecule has 1 fully saturated rings. The maximum Gasteiger partial charge on any atom is 0.266 e. The van der Waals surface area contributed by atoms with Crippen LogP contribution in [0.3, 0.4) is 0 Å². The average molecular weight is 474 g/mol. The minimum atomic E-state index is -0.0645. The maximum absolute atomic E-state index is 12.4. The van der Waals surface area contributed by atoms with Crippen molar-refractivity contribution >= 4 is 40.3 Å². The smallest absolute Gasteiger partial charge is 0.266 e. The zero-order valence-corrected chi connectivity index (χ0v) is 20.1. The van der Waals surface area contributed by atoms with Crippen molar-refractivity contribution in [2.45, 2.75) is 13.8 Å². The molecule has 1 saturated heterocycles. The van der Waals surface area contributed by atoms with Crippen molar-refractivity contribution in [1.29, 1.82) is 0 Å². The van der Waals surface area contributed by atoms with Crippen LogP contribution in [-0.4, -0.2) is 55.2 Å². The van der Waals surface area contributed by atoms with Crippen LogP contribution in [0.15, 0.2) is 47.4 Å². The molecule has 2 aromatic rings. The molecule has 1 aliphatic heterocycles. The second-order valence-electron chi connectivity index (χ2n) is 6.96. The van der Waals surface area contributed by atoms with Gasteiger partial charge in [0.2, 0.25) is 0 Å². The van der Waals surface area contributed by atoms with E-state index in [2.05, 4.69) is 0 Å². The molecule has 2 aromatic carbocycles. The third-order valence-electron chi connectivity index (χ3n) is 4.68. The summed E-state index contributed by atoms with van der Waals surface area (Å²) in [7, 11) is 1.58. The molecular weight excluding hydrogens is 446 g/mol. The van der Waals surface area contributed by atoms with Gasteiger partial charge in [0.05, 0.1) is 25.2 Å². The van der Waals surface area contributed by atoms with Crippen LogP contribution in [0, 0.1) is 6.92 Å². The van der Waals surface area contributed by atoms with Crippen molar-refractivity contribution in [3.63, 3.8) is 0 Å². The Hall–Kier alpha value is -2.55. The zero-order valence-electron chi connectivity index (χ0n) is 18.5. The lowest BCUT2D eigenvalue weighted by Crippen LogP contribution is -2.27. The Balaban J connectivity index is 1.45. The number of rotatable bonds is 11. The molecule has 0 saturated carbocycles. The summed E-state index contributed by atoms with van der Waals surface area (Å²) in [6.45, 7) is 6.28. The number of ether oxygens (including phenoxy) is 4. The first kappa shape index (κ1) is 24.1. The average Bonchev–Trinajstić information content (AvgIpc) is 3.06. The third kappa shape index (κ3) is 6.48. The third-order valence-corrected chi connectivity index (χ3v) is 6.06. The van der Waals surface area contributed by atoms with Gasteiger partial charge in [0.25, 0.3) is 5.91 Å². The minimum absolute atomic E-state index is 0.0645. The SMILES string of the molecule is CCN1C(=O)/C(=C\c2ccc(OCCOCCOc3ccc(C)cc3)c(OC)c2)SC1=S. The summed E-state index contributed by atoms with van der Waals surface area (Å²) in [6.07, 6.45) is 1.82. The van der Waals surface area contributed by atoms with E-state index in [1.54, 1.807) is 12.0 Å². The van der Waals surface area contributed by atoms with Crippen molar-refractivity contribution in [1.82, 2.24) is 4.90 Å². The molecule has 8 heteroatoms. The van der Waals surface area contributed by atoms with Gasteiger partial charge in [-0.15, -0.1) is 0 Å². The van der Waals surface area contributed by atoms with E-state index in [4.69, 9.17) is 31.2 Å². The maximum atomic E-state index is 12.4. The normalized spacial score (nSPS) is 14.8. The number of thioether (sulfide) groups is 1. The number of hydrogen-bond acceptors (Lipinski definition) is 7. The molecule has 0 unspecified atom stereocenters. The molecule has 0 spiro atoms. The number of carbonyl (C=O) groups is 1. The van der Waals surface area contributed by atoms with Crippen LogP contribution >= 0.6 is 24.0 Å². The highest BCUT2D eigenvalue weighted by Crippen LogP contribution is 2.34. The summed E-state index contributed by atoms with van der Waals surface area (Å²) in [5.41, 5.74) is 2.04. The highest BCUT2D eigenvalue weighted by atomic mass is 32.2. The summed E-state index contributed by atoms with van der Waals surface area (Å²) >= 11 is 6.57. The first-order valence-corrected chi connectivity index (χ1v) is 11.6. The first-order chi connectivity index (χ1) is 15.5. The van der Waals surface area contributed by atoms with Gasteiger partial charge in [-0.2, -0.15) is 0 Å². The molecule has 0 bridgehead atoms. The van der Waals surface area contributed by atoms with Crippen LogP contribution < -0.4 is 14.2 Å². The number of methoxy groups -OCH3 is 1. The second-order valence-corrected chi connectivity index (χ2v) is 8.63. The van der Waals surface area contributed by atoms with Crippen LogP contribution in [0.5, 0.6) is 17.2 Å². The predicted molar refractivity (Wildman–Crippen MR) is 132 cm³/mol. The lowest BCUT2D eigenvalue weighted by molar-refractivity contribution is -0.121. The van der Waals surface area contributed by atoms with Gasteiger partial charge in [-0.25, -0.2) is 0 Å². The van der Waals surface area contributed by atoms with Crippen LogP contribution in [0.25, 0.3) is 6.08 Å². The van der Waals surface area contributed by atoms with Crippen molar-refractivity contribution in [2.75, 3.05) is 40.1 Å². The Kier molecular flexibility index (Phi) is 8.96. The minimum Gasteiger partial charge on any atom is -0.493 e. The van der Waals surface area contributed by atoms with Gasteiger partial charge in [0.1, 0.15) is 23.3 Å². The summed E-state index contributed by atoms with van der Waals surface area (Å²) in [6, 6.07) is 13.5. The van der Waals surface area contributed by atoms with E-state index in [0.717, 1.165) is 11.3 Å². The van der Waals surface area contributed by atoms with E-state index >= 15 is 0 Å². The number of amides is 1. The summed E-state index contributed by atoms with van der Waals surface area (Å²) < 4.78 is 23.0. The van der Waals surface area contributed by atoms with E-state index in [1.165, 1.54) is 17.3 Å². The number of aryl methyl sites for hydroxylation is 1. The van der Waals surface area contributed by atoms with Crippen LogP contribution in [-0.2, 0) is 9.53 Å². The van der Waals surface area contributed by atoms with E-state index in [-0.39, 0.29) is 5.91 Å². The monoisotopic (exact) mass is 473 g/mol. The fraction of sp³-hybridized carbons (Fsp3) is 0.333. The fourth-order valence-corrected chi connectivity index (χ4v) is 4.37. The topological polar surface area (TPSA) is 57.2 Å². The molecule has 0 aromatic heterocycles. The standard InChI is InChI=1S/C24H27NO5S2/c1-4-25-23(26)22(32-24(25)31)16-18-7-10-20(21(15-18)27-3)30-14-12-28-11-13-29-19-8-5-17(2)6-9-19/h5-10,15-16H,4,11-14H2,1-3H3/b22-16+. The van der Waals surface area contributed by atoms with Gasteiger partial charge in [0, 0.05) is 6.54 Å². The van der Waals surface area contributed by atoms with Gasteiger partial charge < -0.3 is 18.9 Å². The largest absolute Gasteiger partial charge is 0.493 e. The van der Waals surface area contributed by atoms with Crippen LogP contribution in [0.4, 0.5) is 0 Å². The fourth-order valence-electron chi connectivity index (χ4n) is 2.98. The first-order valence-electron chi connectivity index (χ1n) is 10.3. The van der Waals surface area contributed by atoms with Gasteiger partial charge in [-0.05, 0) is 49.8 Å². The van der Waals surface area contributed by atoms with E-state index in [9.17, 15) is 4.79 Å². The summed E-state index contributed by atoms with van der Waals surface area (Å²) in [5, 5.41) is 0. The molecule has 170 valence electrons. The Bertz CT molecular complexity index is 975. The Morgan fingerprint density at radius 2 is 1.72 bits per heavy atom. The molecule has 0 aliphatic carbocycles. The highest BCUT2D eigenvalue weighted by Gasteiger charge is 2.30. The van der Waals surface area contributed by atoms with Crippen LogP contribution in [0.2, 0.25) is 0 Å². The number of thiocarbonyl (C=S) groups is 1. The van der Waals surface area contributed by atoms with E-state index in [0.29, 0.717) is 53.7 Å². The molecule has 1 amide bonds. The molecule has 0 radical (unpaired) electrons. The molecule has 0 N–H and O–H groups in total. The Labute approximate surface area is 198 Å². The van der Waals surface area contributed by atoms with Crippen LogP contribution in [0.1, 0.15) is 18.1 Å². The second kappa shape index (κ2) is 11.9. The molecule has 1 heterocycles. The molecule has 6 nitrogen and oxygen atoms in total. The molecule has 32 heavy (non-hydrogen) atoms. The van der Waals surface area contributed by atoms with Crippen molar-refractivity contribution < 1.29 is 23.7 Å². The summed E-state index contributed by atoms with van der Waals surface area (Å²) in [5.74, 6) is 1.97. The number of benzene rings is 2. The van der Waals surface area contributed by atoms with Crippen molar-refractivity contribution in [3.05, 3.63) is 58.5 Å². The van der Waals surface area contributed by atoms with E-state index < -0.39 is 0 Å². The number of nitrogens with zero attached hydrogens (tertiary/aromatic N) is 1. The van der Waals surface area contributed by atoms with E-state index in [1.807, 2.05) is 62.4 Å². The molecule has 1 aliphatic rings. The summed E-state index contributed by atoms with van der Waals surface area (Å²) in [4.78, 5) is 14.6. The van der Waals surface area contributed by atoms with Gasteiger partial charge >= 0.3 is 0 Å². The van der Waals surface area contributed by atoms with Gasteiger partial charge in [-0.3, -0.25) is 9.69 Å². The molecular formula is C24H27NO5S2. The number of hydrogen-bond donors (Lipinski definition) is 0. The quantitative estimate of drug-likeness (QED) is 0.266. The Morgan fingerprint density at radius 1 is 1.00 bits per heavy atom. The van der Waals surface area contributed by atoms with Gasteiger partial charge in [0.15, 0.2) is 11.5 Å². The molecule has 3 rings (SSSR count). The van der Waals surface area contributed by atoms with Gasteiger partial charge in [-0.1, -0.05) is 47.7 Å². The molecule has 0 atom stereocenters. The zero-order chi connectivity index (χ0) is 22.9. The Morgan fingerprint density at radius 3 is 2.38 bits per heavy atom. The lowest BCUT2D eigenvalue weighted by Gasteiger charge is -2.12. The number of carbonyl (C=O) groups excluding carboxylic acids is 1. The highest BCUT2D eigenvalue weighted by molar-refractivity contribution is 8.26. The number of likely N-dealkylation sites (N-methyl/N-ethyl adjacent to an activating group) is 1.